The van der Waals surface area contributed by atoms with Crippen LogP contribution in [0.1, 0.15) is 31.8 Å². The molecule has 0 saturated heterocycles. The molecule has 3 N–H and O–H groups in total. The average Bonchev–Trinajstić information content (AvgIpc) is 2.38. The molecule has 0 radical (unpaired) electrons. The molecule has 0 atom stereocenters. The van der Waals surface area contributed by atoms with Gasteiger partial charge in [0, 0.05) is 5.56 Å². The van der Waals surface area contributed by atoms with E-state index in [1.807, 2.05) is 0 Å². The summed E-state index contributed by atoms with van der Waals surface area (Å²) in [7, 11) is 0. The first-order valence-electron chi connectivity index (χ1n) is 5.48. The van der Waals surface area contributed by atoms with Crippen molar-refractivity contribution >= 4 is 11.6 Å². The summed E-state index contributed by atoms with van der Waals surface area (Å²) in [4.78, 5) is 24.5. The van der Waals surface area contributed by atoms with Crippen LogP contribution in [0.5, 0.6) is 17.2 Å². The Morgan fingerprint density at radius 1 is 0.632 bits per heavy atom. The number of phenolic OH excluding ortho intramolecular Hbond substituents is 3. The zero-order valence-electron chi connectivity index (χ0n) is 9.54. The second-order valence-corrected chi connectivity index (χ2v) is 4.21. The number of carbonyl (C=O) groups is 2. The van der Waals surface area contributed by atoms with Crippen molar-refractivity contribution in [3.05, 3.63) is 52.6 Å². The molecule has 3 rings (SSSR count). The fourth-order valence-electron chi connectivity index (χ4n) is 2.27. The van der Waals surface area contributed by atoms with Crippen LogP contribution in [0.15, 0.2) is 30.3 Å². The molecular weight excluding hydrogens is 248 g/mol. The molecule has 5 nitrogen and oxygen atoms in total. The molecule has 0 bridgehead atoms. The van der Waals surface area contributed by atoms with Gasteiger partial charge in [0.05, 0.1) is 16.7 Å². The third-order valence-electron chi connectivity index (χ3n) is 3.13. The predicted octanol–water partition coefficient (Wildman–Crippen LogP) is 1.58. The van der Waals surface area contributed by atoms with Gasteiger partial charge in [-0.15, -0.1) is 0 Å². The number of benzene rings is 2. The molecule has 5 heteroatoms. The highest BCUT2D eigenvalue weighted by Crippen LogP contribution is 2.39. The fraction of sp³-hybridized carbons (Fsp3) is 0. The van der Waals surface area contributed by atoms with E-state index >= 15 is 0 Å². The van der Waals surface area contributed by atoms with Crippen LogP contribution in [0.3, 0.4) is 0 Å². The van der Waals surface area contributed by atoms with E-state index in [0.717, 1.165) is 12.1 Å². The lowest BCUT2D eigenvalue weighted by atomic mass is 9.82. The molecule has 0 amide bonds. The maximum atomic E-state index is 12.3. The van der Waals surface area contributed by atoms with Crippen molar-refractivity contribution in [2.45, 2.75) is 0 Å². The van der Waals surface area contributed by atoms with Crippen molar-refractivity contribution in [1.29, 1.82) is 0 Å². The van der Waals surface area contributed by atoms with Gasteiger partial charge in [-0.2, -0.15) is 0 Å². The van der Waals surface area contributed by atoms with E-state index in [1.165, 1.54) is 18.2 Å². The van der Waals surface area contributed by atoms with E-state index in [1.54, 1.807) is 0 Å². The highest BCUT2D eigenvalue weighted by atomic mass is 16.3. The van der Waals surface area contributed by atoms with Gasteiger partial charge in [-0.05, 0) is 18.2 Å². The maximum Gasteiger partial charge on any atom is 0.202 e. The molecule has 1 aliphatic carbocycles. The average molecular weight is 256 g/mol. The van der Waals surface area contributed by atoms with Gasteiger partial charge in [-0.1, -0.05) is 12.1 Å². The van der Waals surface area contributed by atoms with Crippen molar-refractivity contribution < 1.29 is 24.9 Å². The molecular formula is C14H8O5. The number of rotatable bonds is 0. The molecule has 19 heavy (non-hydrogen) atoms. The number of ketones is 2. The number of phenols is 3. The van der Waals surface area contributed by atoms with Gasteiger partial charge in [0.25, 0.3) is 0 Å². The van der Waals surface area contributed by atoms with Crippen LogP contribution in [-0.4, -0.2) is 26.9 Å². The van der Waals surface area contributed by atoms with Crippen LogP contribution in [0.2, 0.25) is 0 Å². The van der Waals surface area contributed by atoms with Crippen LogP contribution in [0, 0.1) is 0 Å². The summed E-state index contributed by atoms with van der Waals surface area (Å²) < 4.78 is 0. The number of hydrogen-bond acceptors (Lipinski definition) is 5. The lowest BCUT2D eigenvalue weighted by Crippen LogP contribution is -2.21. The van der Waals surface area contributed by atoms with Gasteiger partial charge in [0.1, 0.15) is 17.2 Å². The Morgan fingerprint density at radius 2 is 1.16 bits per heavy atom. The summed E-state index contributed by atoms with van der Waals surface area (Å²) in [5.74, 6) is -2.39. The van der Waals surface area contributed by atoms with Gasteiger partial charge in [0.2, 0.25) is 5.78 Å². The second-order valence-electron chi connectivity index (χ2n) is 4.21. The quantitative estimate of drug-likeness (QED) is 0.531. The maximum absolute atomic E-state index is 12.3. The normalized spacial score (nSPS) is 13.1. The van der Waals surface area contributed by atoms with Crippen molar-refractivity contribution in [3.8, 4) is 17.2 Å². The first-order chi connectivity index (χ1) is 9.02. The van der Waals surface area contributed by atoms with Crippen LogP contribution >= 0.6 is 0 Å². The minimum absolute atomic E-state index is 0.0124. The topological polar surface area (TPSA) is 94.8 Å². The van der Waals surface area contributed by atoms with E-state index in [4.69, 9.17) is 0 Å². The highest BCUT2D eigenvalue weighted by molar-refractivity contribution is 6.31. The predicted molar refractivity (Wildman–Crippen MR) is 64.7 cm³/mol. The standard InChI is InChI=1S/C14H8O5/c15-7-3-1-2-6-10(7)14(19)12-9(17)5-4-8(16)11(12)13(6)18/h1-5,15-17H. The molecule has 2 aromatic rings. The Bertz CT molecular complexity index is 746. The Morgan fingerprint density at radius 3 is 1.79 bits per heavy atom. The minimum atomic E-state index is -0.684. The van der Waals surface area contributed by atoms with Crippen LogP contribution < -0.4 is 0 Å². The van der Waals surface area contributed by atoms with Crippen LogP contribution in [0.4, 0.5) is 0 Å². The van der Waals surface area contributed by atoms with Gasteiger partial charge >= 0.3 is 0 Å². The smallest absolute Gasteiger partial charge is 0.202 e. The number of carbonyl (C=O) groups excluding carboxylic acids is 2. The number of fused-ring (bicyclic) bond motifs is 2. The third kappa shape index (κ3) is 1.35. The van der Waals surface area contributed by atoms with Crippen molar-refractivity contribution in [1.82, 2.24) is 0 Å². The molecule has 0 heterocycles. The SMILES string of the molecule is O=C1c2cccc(O)c2C(=O)c2c(O)ccc(O)c21. The zero-order valence-corrected chi connectivity index (χ0v) is 9.54. The molecule has 0 saturated carbocycles. The first-order valence-corrected chi connectivity index (χ1v) is 5.48. The Kier molecular flexibility index (Phi) is 2.13. The number of aromatic hydroxyl groups is 3. The van der Waals surface area contributed by atoms with Crippen molar-refractivity contribution in [2.24, 2.45) is 0 Å². The zero-order chi connectivity index (χ0) is 13.7. The van der Waals surface area contributed by atoms with Gasteiger partial charge < -0.3 is 15.3 Å². The molecule has 2 aromatic carbocycles. The molecule has 0 aromatic heterocycles. The summed E-state index contributed by atoms with van der Waals surface area (Å²) in [6.07, 6.45) is 0. The lowest BCUT2D eigenvalue weighted by Gasteiger charge is -2.19. The fourth-order valence-corrected chi connectivity index (χ4v) is 2.27. The van der Waals surface area contributed by atoms with E-state index in [9.17, 15) is 24.9 Å². The molecule has 0 aliphatic heterocycles. The van der Waals surface area contributed by atoms with E-state index in [0.29, 0.717) is 0 Å². The Hall–Kier alpha value is -2.82. The molecule has 0 fully saturated rings. The largest absolute Gasteiger partial charge is 0.507 e. The first kappa shape index (κ1) is 11.3. The lowest BCUT2D eigenvalue weighted by molar-refractivity contribution is 0.0971. The summed E-state index contributed by atoms with van der Waals surface area (Å²) in [6.45, 7) is 0. The molecule has 1 aliphatic rings. The molecule has 0 spiro atoms. The summed E-state index contributed by atoms with van der Waals surface area (Å²) in [5, 5.41) is 29.1. The van der Waals surface area contributed by atoms with Gasteiger partial charge in [0.15, 0.2) is 5.78 Å². The third-order valence-corrected chi connectivity index (χ3v) is 3.13. The summed E-state index contributed by atoms with van der Waals surface area (Å²) in [5.41, 5.74) is -0.651. The van der Waals surface area contributed by atoms with Crippen LogP contribution in [-0.2, 0) is 0 Å². The molecule has 0 unspecified atom stereocenters. The monoisotopic (exact) mass is 256 g/mol. The second kappa shape index (κ2) is 3.58. The summed E-state index contributed by atoms with van der Waals surface area (Å²) >= 11 is 0. The Balaban J connectivity index is 2.43. The Labute approximate surface area is 107 Å². The molecule has 94 valence electrons. The van der Waals surface area contributed by atoms with E-state index in [-0.39, 0.29) is 33.8 Å². The number of hydrogen-bond donors (Lipinski definition) is 3. The summed E-state index contributed by atoms with van der Waals surface area (Å²) in [6, 6.07) is 6.39. The van der Waals surface area contributed by atoms with Gasteiger partial charge in [-0.3, -0.25) is 9.59 Å². The highest BCUT2D eigenvalue weighted by Gasteiger charge is 2.35. The van der Waals surface area contributed by atoms with Gasteiger partial charge in [-0.25, -0.2) is 0 Å². The van der Waals surface area contributed by atoms with Crippen molar-refractivity contribution in [3.63, 3.8) is 0 Å². The van der Waals surface area contributed by atoms with E-state index < -0.39 is 17.3 Å². The van der Waals surface area contributed by atoms with Crippen LogP contribution in [0.25, 0.3) is 0 Å². The van der Waals surface area contributed by atoms with E-state index in [2.05, 4.69) is 0 Å². The minimum Gasteiger partial charge on any atom is -0.507 e. The van der Waals surface area contributed by atoms with Crippen molar-refractivity contribution in [2.75, 3.05) is 0 Å².